The normalized spacial score (nSPS) is 17.8. The third kappa shape index (κ3) is 2.99. The molecule has 5 heteroatoms. The van der Waals surface area contributed by atoms with Gasteiger partial charge in [-0.05, 0) is 51.2 Å². The van der Waals surface area contributed by atoms with Crippen LogP contribution in [0.5, 0.6) is 0 Å². The van der Waals surface area contributed by atoms with Crippen molar-refractivity contribution in [3.63, 3.8) is 0 Å². The molecule has 144 valence electrons. The van der Waals surface area contributed by atoms with Gasteiger partial charge in [0.05, 0.1) is 17.1 Å². The number of nitrogens with one attached hydrogen (secondary N) is 1. The van der Waals surface area contributed by atoms with Gasteiger partial charge in [0.15, 0.2) is 5.65 Å². The van der Waals surface area contributed by atoms with Gasteiger partial charge in [0.1, 0.15) is 0 Å². The fourth-order valence-corrected chi connectivity index (χ4v) is 4.05. The van der Waals surface area contributed by atoms with Crippen LogP contribution in [-0.4, -0.2) is 27.2 Å². The summed E-state index contributed by atoms with van der Waals surface area (Å²) >= 11 is 0. The number of benzene rings is 1. The SMILES string of the molecule is CC(C)n1ncc2c(C(=O)NCC3(c4ccccc4)CC3)cc(C3CC3)nc21. The minimum atomic E-state index is -0.0141. The van der Waals surface area contributed by atoms with Crippen molar-refractivity contribution in [1.82, 2.24) is 20.1 Å². The maximum Gasteiger partial charge on any atom is 0.252 e. The molecule has 0 radical (unpaired) electrons. The maximum absolute atomic E-state index is 13.2. The van der Waals surface area contributed by atoms with Gasteiger partial charge in [-0.2, -0.15) is 5.10 Å². The molecule has 5 rings (SSSR count). The average molecular weight is 374 g/mol. The topological polar surface area (TPSA) is 59.8 Å². The van der Waals surface area contributed by atoms with E-state index >= 15 is 0 Å². The molecule has 28 heavy (non-hydrogen) atoms. The molecule has 2 fully saturated rings. The van der Waals surface area contributed by atoms with E-state index in [0.717, 1.165) is 42.4 Å². The Balaban J connectivity index is 1.44. The number of nitrogens with zero attached hydrogens (tertiary/aromatic N) is 3. The van der Waals surface area contributed by atoms with Gasteiger partial charge in [0.2, 0.25) is 0 Å². The summed E-state index contributed by atoms with van der Waals surface area (Å²) in [5, 5.41) is 8.56. The van der Waals surface area contributed by atoms with Crippen LogP contribution in [0.1, 0.15) is 73.1 Å². The number of hydrogen-bond donors (Lipinski definition) is 1. The summed E-state index contributed by atoms with van der Waals surface area (Å²) in [5.74, 6) is 0.477. The summed E-state index contributed by atoms with van der Waals surface area (Å²) in [6.45, 7) is 4.86. The highest BCUT2D eigenvalue weighted by molar-refractivity contribution is 6.05. The van der Waals surface area contributed by atoms with Crippen molar-refractivity contribution in [2.75, 3.05) is 6.54 Å². The van der Waals surface area contributed by atoms with Crippen LogP contribution in [0.25, 0.3) is 11.0 Å². The Bertz CT molecular complexity index is 1030. The third-order valence-corrected chi connectivity index (χ3v) is 6.14. The average Bonchev–Trinajstić information content (AvgIpc) is 3.63. The van der Waals surface area contributed by atoms with E-state index in [1.165, 1.54) is 5.56 Å². The first-order valence-electron chi connectivity index (χ1n) is 10.3. The highest BCUT2D eigenvalue weighted by atomic mass is 16.1. The lowest BCUT2D eigenvalue weighted by atomic mass is 9.96. The number of hydrogen-bond acceptors (Lipinski definition) is 3. The quantitative estimate of drug-likeness (QED) is 0.698. The van der Waals surface area contributed by atoms with Crippen molar-refractivity contribution in [2.24, 2.45) is 0 Å². The van der Waals surface area contributed by atoms with E-state index in [0.29, 0.717) is 18.0 Å². The Morgan fingerprint density at radius 2 is 2.00 bits per heavy atom. The van der Waals surface area contributed by atoms with Crippen LogP contribution in [0.15, 0.2) is 42.6 Å². The fraction of sp³-hybridized carbons (Fsp3) is 0.435. The zero-order chi connectivity index (χ0) is 19.3. The van der Waals surface area contributed by atoms with Crippen molar-refractivity contribution < 1.29 is 4.79 Å². The van der Waals surface area contributed by atoms with E-state index in [1.54, 1.807) is 6.20 Å². The Morgan fingerprint density at radius 1 is 1.25 bits per heavy atom. The van der Waals surface area contributed by atoms with Crippen molar-refractivity contribution >= 4 is 16.9 Å². The molecule has 1 amide bonds. The van der Waals surface area contributed by atoms with Gasteiger partial charge in [-0.25, -0.2) is 9.67 Å². The number of aromatic nitrogens is 3. The molecule has 0 atom stereocenters. The first kappa shape index (κ1) is 17.4. The van der Waals surface area contributed by atoms with Crippen LogP contribution in [0.4, 0.5) is 0 Å². The summed E-state index contributed by atoms with van der Waals surface area (Å²) < 4.78 is 1.92. The van der Waals surface area contributed by atoms with Crippen LogP contribution in [0.3, 0.4) is 0 Å². The molecule has 5 nitrogen and oxygen atoms in total. The lowest BCUT2D eigenvalue weighted by molar-refractivity contribution is 0.0951. The summed E-state index contributed by atoms with van der Waals surface area (Å²) in [6, 6.07) is 12.7. The molecular formula is C23H26N4O. The summed E-state index contributed by atoms with van der Waals surface area (Å²) in [4.78, 5) is 18.0. The van der Waals surface area contributed by atoms with Crippen molar-refractivity contribution in [3.05, 3.63) is 59.4 Å². The van der Waals surface area contributed by atoms with E-state index in [1.807, 2.05) is 16.8 Å². The molecular weight excluding hydrogens is 348 g/mol. The first-order chi connectivity index (χ1) is 13.6. The van der Waals surface area contributed by atoms with Crippen LogP contribution in [0.2, 0.25) is 0 Å². The molecule has 0 spiro atoms. The molecule has 1 aromatic carbocycles. The Kier molecular flexibility index (Phi) is 4.00. The van der Waals surface area contributed by atoms with Crippen LogP contribution in [-0.2, 0) is 5.41 Å². The first-order valence-corrected chi connectivity index (χ1v) is 10.3. The van der Waals surface area contributed by atoms with Crippen molar-refractivity contribution in [1.29, 1.82) is 0 Å². The van der Waals surface area contributed by atoms with Gasteiger partial charge >= 0.3 is 0 Å². The number of carbonyl (C=O) groups is 1. The van der Waals surface area contributed by atoms with Gasteiger partial charge in [-0.3, -0.25) is 4.79 Å². The molecule has 0 bridgehead atoms. The lowest BCUT2D eigenvalue weighted by Gasteiger charge is -2.17. The second-order valence-corrected chi connectivity index (χ2v) is 8.62. The second kappa shape index (κ2) is 6.43. The third-order valence-electron chi connectivity index (χ3n) is 6.14. The monoisotopic (exact) mass is 374 g/mol. The zero-order valence-corrected chi connectivity index (χ0v) is 16.5. The van der Waals surface area contributed by atoms with Gasteiger partial charge < -0.3 is 5.32 Å². The van der Waals surface area contributed by atoms with Crippen LogP contribution >= 0.6 is 0 Å². The standard InChI is InChI=1S/C23H26N4O/c1-15(2)27-21-19(13-25-27)18(12-20(26-21)16-8-9-16)22(28)24-14-23(10-11-23)17-6-4-3-5-7-17/h3-7,12-13,15-16H,8-11,14H2,1-2H3,(H,24,28). The summed E-state index contributed by atoms with van der Waals surface area (Å²) in [5.41, 5.74) is 3.99. The number of fused-ring (bicyclic) bond motifs is 1. The molecule has 0 aliphatic heterocycles. The number of carbonyl (C=O) groups excluding carboxylic acids is 1. The number of amides is 1. The van der Waals surface area contributed by atoms with Crippen molar-refractivity contribution in [2.45, 2.75) is 56.9 Å². The Hall–Kier alpha value is -2.69. The number of rotatable bonds is 6. The maximum atomic E-state index is 13.2. The Morgan fingerprint density at radius 3 is 2.64 bits per heavy atom. The zero-order valence-electron chi connectivity index (χ0n) is 16.5. The van der Waals surface area contributed by atoms with Gasteiger partial charge in [0, 0.05) is 29.6 Å². The number of pyridine rings is 1. The van der Waals surface area contributed by atoms with E-state index < -0.39 is 0 Å². The molecule has 2 saturated carbocycles. The highest BCUT2D eigenvalue weighted by Crippen LogP contribution is 2.47. The molecule has 1 N–H and O–H groups in total. The summed E-state index contributed by atoms with van der Waals surface area (Å²) in [7, 11) is 0. The van der Waals surface area contributed by atoms with Crippen molar-refractivity contribution in [3.8, 4) is 0 Å². The molecule has 0 saturated heterocycles. The highest BCUT2D eigenvalue weighted by Gasteiger charge is 2.44. The minimum absolute atomic E-state index is 0.0141. The van der Waals surface area contributed by atoms with Gasteiger partial charge in [0.25, 0.3) is 5.91 Å². The van der Waals surface area contributed by atoms with Gasteiger partial charge in [-0.1, -0.05) is 30.3 Å². The lowest BCUT2D eigenvalue weighted by Crippen LogP contribution is -2.32. The predicted octanol–water partition coefficient (Wildman–Crippen LogP) is 4.35. The summed E-state index contributed by atoms with van der Waals surface area (Å²) in [6.07, 6.45) is 6.36. The smallest absolute Gasteiger partial charge is 0.252 e. The van der Waals surface area contributed by atoms with E-state index in [-0.39, 0.29) is 17.4 Å². The molecule has 2 heterocycles. The predicted molar refractivity (Wildman–Crippen MR) is 110 cm³/mol. The molecule has 2 aromatic heterocycles. The molecule has 2 aliphatic carbocycles. The van der Waals surface area contributed by atoms with Crippen LogP contribution in [0, 0.1) is 0 Å². The minimum Gasteiger partial charge on any atom is -0.351 e. The Labute approximate surface area is 165 Å². The van der Waals surface area contributed by atoms with E-state index in [9.17, 15) is 4.79 Å². The molecule has 3 aromatic rings. The van der Waals surface area contributed by atoms with E-state index in [2.05, 4.69) is 48.5 Å². The second-order valence-electron chi connectivity index (χ2n) is 8.62. The van der Waals surface area contributed by atoms with Crippen LogP contribution < -0.4 is 5.32 Å². The molecule has 2 aliphatic rings. The van der Waals surface area contributed by atoms with E-state index in [4.69, 9.17) is 4.98 Å². The largest absolute Gasteiger partial charge is 0.351 e. The fourth-order valence-electron chi connectivity index (χ4n) is 4.05. The van der Waals surface area contributed by atoms with Gasteiger partial charge in [-0.15, -0.1) is 0 Å². The molecule has 0 unspecified atom stereocenters.